The van der Waals surface area contributed by atoms with Crippen molar-refractivity contribution in [2.24, 2.45) is 0 Å². The van der Waals surface area contributed by atoms with Gasteiger partial charge >= 0.3 is 0 Å². The van der Waals surface area contributed by atoms with E-state index in [-0.39, 0.29) is 5.66 Å². The van der Waals surface area contributed by atoms with Crippen molar-refractivity contribution < 1.29 is 0 Å². The third kappa shape index (κ3) is 8.92. The van der Waals surface area contributed by atoms with Crippen LogP contribution in [0.15, 0.2) is 73.1 Å². The molecule has 2 aromatic rings. The van der Waals surface area contributed by atoms with Crippen molar-refractivity contribution in [2.45, 2.75) is 128 Å². The second-order valence-corrected chi connectivity index (χ2v) is 11.6. The van der Waals surface area contributed by atoms with E-state index in [2.05, 4.69) is 104 Å². The maximum Gasteiger partial charge on any atom is 0.123 e. The van der Waals surface area contributed by atoms with E-state index in [4.69, 9.17) is 0 Å². The highest BCUT2D eigenvalue weighted by atomic mass is 15.4. The van der Waals surface area contributed by atoms with Crippen molar-refractivity contribution in [3.8, 4) is 0 Å². The molecule has 1 aliphatic heterocycles. The van der Waals surface area contributed by atoms with Crippen LogP contribution in [-0.2, 0) is 6.42 Å². The largest absolute Gasteiger partial charge is 0.356 e. The van der Waals surface area contributed by atoms with Crippen LogP contribution in [0, 0.1) is 0 Å². The van der Waals surface area contributed by atoms with Crippen molar-refractivity contribution >= 4 is 0 Å². The van der Waals surface area contributed by atoms with Crippen LogP contribution in [-0.4, -0.2) is 29.1 Å². The first-order valence-corrected chi connectivity index (χ1v) is 16.0. The van der Waals surface area contributed by atoms with E-state index in [9.17, 15) is 0 Å². The van der Waals surface area contributed by atoms with Gasteiger partial charge in [-0.05, 0) is 24.0 Å². The van der Waals surface area contributed by atoms with Crippen molar-refractivity contribution in [1.29, 1.82) is 0 Å². The Morgan fingerprint density at radius 1 is 0.605 bits per heavy atom. The topological polar surface area (TPSA) is 6.48 Å². The third-order valence-corrected chi connectivity index (χ3v) is 8.81. The van der Waals surface area contributed by atoms with Crippen LogP contribution in [0.3, 0.4) is 0 Å². The normalized spacial score (nSPS) is 17.9. The fourth-order valence-electron chi connectivity index (χ4n) is 6.59. The van der Waals surface area contributed by atoms with Crippen LogP contribution in [0.4, 0.5) is 0 Å². The van der Waals surface area contributed by atoms with E-state index in [0.29, 0.717) is 5.92 Å². The lowest BCUT2D eigenvalue weighted by atomic mass is 9.78. The summed E-state index contributed by atoms with van der Waals surface area (Å²) in [5, 5.41) is 0. The fourth-order valence-corrected chi connectivity index (χ4v) is 6.59. The number of nitrogens with zero attached hydrogens (tertiary/aromatic N) is 2. The van der Waals surface area contributed by atoms with Gasteiger partial charge in [0.2, 0.25) is 0 Å². The molecule has 0 spiro atoms. The predicted molar refractivity (Wildman–Crippen MR) is 166 cm³/mol. The van der Waals surface area contributed by atoms with E-state index in [1.165, 1.54) is 101 Å². The molecule has 2 unspecified atom stereocenters. The molecule has 0 radical (unpaired) electrons. The average molecular weight is 517 g/mol. The van der Waals surface area contributed by atoms with Crippen LogP contribution in [0.1, 0.15) is 127 Å². The summed E-state index contributed by atoms with van der Waals surface area (Å²) in [6, 6.07) is 22.3. The number of benzene rings is 2. The van der Waals surface area contributed by atoms with Gasteiger partial charge in [0.1, 0.15) is 5.66 Å². The standard InChI is InChI=1S/C36H56N2/c1-4-6-7-8-9-10-11-12-13-14-15-16-17-24-29-38-31-30-37(3)36(38,32-33-25-20-18-21-26-33)35(5-2)34-27-22-19-23-28-34/h18-23,25-28,30-31,35H,4-17,24,29,32H2,1-3H3. The van der Waals surface area contributed by atoms with E-state index in [0.717, 1.165) is 19.4 Å². The molecule has 0 fully saturated rings. The van der Waals surface area contributed by atoms with Crippen molar-refractivity contribution in [3.05, 3.63) is 84.2 Å². The highest BCUT2D eigenvalue weighted by molar-refractivity contribution is 5.30. The lowest BCUT2D eigenvalue weighted by Crippen LogP contribution is -2.58. The Hall–Kier alpha value is -2.22. The molecule has 2 aromatic carbocycles. The Labute approximate surface area is 235 Å². The Bertz CT molecular complexity index is 877. The van der Waals surface area contributed by atoms with E-state index >= 15 is 0 Å². The summed E-state index contributed by atoms with van der Waals surface area (Å²) < 4.78 is 0. The van der Waals surface area contributed by atoms with Gasteiger partial charge in [-0.1, -0.05) is 158 Å². The number of unbranched alkanes of at least 4 members (excludes halogenated alkanes) is 13. The highest BCUT2D eigenvalue weighted by Crippen LogP contribution is 2.44. The molecular weight excluding hydrogens is 460 g/mol. The molecule has 0 N–H and O–H groups in total. The van der Waals surface area contributed by atoms with E-state index in [1.54, 1.807) is 0 Å². The van der Waals surface area contributed by atoms with Gasteiger partial charge < -0.3 is 9.80 Å². The Morgan fingerprint density at radius 3 is 1.63 bits per heavy atom. The molecule has 1 heterocycles. The van der Waals surface area contributed by atoms with Gasteiger partial charge in [0, 0.05) is 38.3 Å². The molecule has 0 saturated heterocycles. The molecule has 2 heteroatoms. The first kappa shape index (κ1) is 30.3. The second kappa shape index (κ2) is 17.4. The van der Waals surface area contributed by atoms with Gasteiger partial charge in [-0.25, -0.2) is 0 Å². The van der Waals surface area contributed by atoms with Gasteiger partial charge in [0.15, 0.2) is 0 Å². The summed E-state index contributed by atoms with van der Waals surface area (Å²) >= 11 is 0. The number of hydrogen-bond acceptors (Lipinski definition) is 2. The molecule has 0 aliphatic carbocycles. The van der Waals surface area contributed by atoms with Crippen LogP contribution in [0.5, 0.6) is 0 Å². The van der Waals surface area contributed by atoms with Crippen LogP contribution in [0.25, 0.3) is 0 Å². The van der Waals surface area contributed by atoms with Crippen LogP contribution in [0.2, 0.25) is 0 Å². The SMILES string of the molecule is CCCCCCCCCCCCCCCCN1C=CN(C)C1(Cc1ccccc1)C(CC)c1ccccc1. The van der Waals surface area contributed by atoms with Crippen LogP contribution >= 0.6 is 0 Å². The molecule has 2 atom stereocenters. The minimum Gasteiger partial charge on any atom is -0.356 e. The number of hydrogen-bond donors (Lipinski definition) is 0. The highest BCUT2D eigenvalue weighted by Gasteiger charge is 2.47. The molecule has 1 aliphatic rings. The van der Waals surface area contributed by atoms with Crippen molar-refractivity contribution in [2.75, 3.05) is 13.6 Å². The second-order valence-electron chi connectivity index (χ2n) is 11.6. The molecule has 0 aromatic heterocycles. The number of rotatable bonds is 20. The Morgan fingerprint density at radius 2 is 1.11 bits per heavy atom. The molecule has 0 bridgehead atoms. The molecule has 210 valence electrons. The summed E-state index contributed by atoms with van der Waals surface area (Å²) in [4.78, 5) is 5.19. The van der Waals surface area contributed by atoms with E-state index < -0.39 is 0 Å². The molecule has 3 rings (SSSR count). The zero-order valence-corrected chi connectivity index (χ0v) is 24.9. The lowest BCUT2D eigenvalue weighted by molar-refractivity contribution is 0.0121. The first-order valence-electron chi connectivity index (χ1n) is 16.0. The van der Waals surface area contributed by atoms with Gasteiger partial charge in [0.25, 0.3) is 0 Å². The monoisotopic (exact) mass is 516 g/mol. The van der Waals surface area contributed by atoms with Gasteiger partial charge in [-0.3, -0.25) is 0 Å². The molecule has 0 saturated carbocycles. The zero-order chi connectivity index (χ0) is 26.9. The van der Waals surface area contributed by atoms with Gasteiger partial charge in [-0.2, -0.15) is 0 Å². The molecule has 2 nitrogen and oxygen atoms in total. The summed E-state index contributed by atoms with van der Waals surface area (Å²) in [6.45, 7) is 5.80. The quantitative estimate of drug-likeness (QED) is 0.161. The minimum atomic E-state index is -0.0615. The predicted octanol–water partition coefficient (Wildman–Crippen LogP) is 10.3. The summed E-state index contributed by atoms with van der Waals surface area (Å²) in [5.74, 6) is 0.440. The third-order valence-electron chi connectivity index (χ3n) is 8.81. The molecular formula is C36H56N2. The van der Waals surface area contributed by atoms with Gasteiger partial charge in [0.05, 0.1) is 0 Å². The minimum absolute atomic E-state index is 0.0615. The maximum atomic E-state index is 2.68. The fraction of sp³-hybridized carbons (Fsp3) is 0.611. The summed E-state index contributed by atoms with van der Waals surface area (Å²) in [6.07, 6.45) is 26.6. The molecule has 38 heavy (non-hydrogen) atoms. The van der Waals surface area contributed by atoms with E-state index in [1.807, 2.05) is 0 Å². The summed E-state index contributed by atoms with van der Waals surface area (Å²) in [7, 11) is 2.29. The first-order chi connectivity index (χ1) is 18.7. The number of likely N-dealkylation sites (N-methyl/N-ethyl adjacent to an activating group) is 1. The maximum absolute atomic E-state index is 2.68. The Balaban J connectivity index is 1.48. The smallest absolute Gasteiger partial charge is 0.123 e. The average Bonchev–Trinajstić information content (AvgIpc) is 3.25. The molecule has 0 amide bonds. The van der Waals surface area contributed by atoms with Gasteiger partial charge in [-0.15, -0.1) is 0 Å². The van der Waals surface area contributed by atoms with Crippen molar-refractivity contribution in [1.82, 2.24) is 9.80 Å². The zero-order valence-electron chi connectivity index (χ0n) is 24.9. The van der Waals surface area contributed by atoms with Crippen molar-refractivity contribution in [3.63, 3.8) is 0 Å². The lowest BCUT2D eigenvalue weighted by Gasteiger charge is -2.50. The summed E-state index contributed by atoms with van der Waals surface area (Å²) in [5.41, 5.74) is 2.81. The Kier molecular flexibility index (Phi) is 13.9. The van der Waals surface area contributed by atoms with Crippen LogP contribution < -0.4 is 0 Å².